The van der Waals surface area contributed by atoms with E-state index in [0.717, 1.165) is 20.0 Å². The number of aromatic amines is 1. The Hall–Kier alpha value is -1.33. The van der Waals surface area contributed by atoms with Gasteiger partial charge in [-0.2, -0.15) is 0 Å². The Balaban J connectivity index is 2.22. The molecule has 0 saturated heterocycles. The normalized spacial score (nSPS) is 11.1. The highest BCUT2D eigenvalue weighted by Crippen LogP contribution is 2.30. The summed E-state index contributed by atoms with van der Waals surface area (Å²) in [6, 6.07) is 7.19. The highest BCUT2D eigenvalue weighted by atomic mass is 79.9. The molecular formula is C11H7BrN2OS. The minimum Gasteiger partial charge on any atom is -0.339 e. The molecular weight excluding hydrogens is 288 g/mol. The summed E-state index contributed by atoms with van der Waals surface area (Å²) in [5, 5.41) is 0. The number of nitrogens with one attached hydrogen (secondary N) is 1. The molecule has 0 unspecified atom stereocenters. The van der Waals surface area contributed by atoms with Crippen LogP contribution >= 0.6 is 27.3 Å². The molecule has 5 heteroatoms. The van der Waals surface area contributed by atoms with Crippen LogP contribution in [0, 0.1) is 0 Å². The fourth-order valence-electron chi connectivity index (χ4n) is 1.60. The summed E-state index contributed by atoms with van der Waals surface area (Å²) in [5.41, 5.74) is 1.84. The van der Waals surface area contributed by atoms with Crippen LogP contribution in [0.4, 0.5) is 0 Å². The van der Waals surface area contributed by atoms with Gasteiger partial charge in [0.25, 0.3) is 0 Å². The molecule has 0 aromatic carbocycles. The van der Waals surface area contributed by atoms with Gasteiger partial charge in [0.15, 0.2) is 5.43 Å². The maximum atomic E-state index is 11.2. The number of pyridine rings is 1. The lowest BCUT2D eigenvalue weighted by atomic mass is 10.4. The third-order valence-corrected chi connectivity index (χ3v) is 3.98. The van der Waals surface area contributed by atoms with Gasteiger partial charge in [0, 0.05) is 24.5 Å². The number of H-pyrrole nitrogens is 1. The monoisotopic (exact) mass is 294 g/mol. The van der Waals surface area contributed by atoms with Crippen LogP contribution < -0.4 is 5.43 Å². The average Bonchev–Trinajstić information content (AvgIpc) is 2.83. The Labute approximate surface area is 103 Å². The number of thiophene rings is 1. The van der Waals surface area contributed by atoms with Crippen LogP contribution in [0.2, 0.25) is 0 Å². The third-order valence-electron chi connectivity index (χ3n) is 2.33. The maximum Gasteiger partial charge on any atom is 0.183 e. The third kappa shape index (κ3) is 1.62. The molecule has 3 aromatic heterocycles. The summed E-state index contributed by atoms with van der Waals surface area (Å²) in [6.45, 7) is 0. The zero-order valence-corrected chi connectivity index (χ0v) is 10.5. The van der Waals surface area contributed by atoms with E-state index in [1.165, 1.54) is 0 Å². The summed E-state index contributed by atoms with van der Waals surface area (Å²) < 4.78 is 3.00. The molecule has 0 radical (unpaired) electrons. The van der Waals surface area contributed by atoms with E-state index in [0.29, 0.717) is 0 Å². The fourth-order valence-corrected chi connectivity index (χ4v) is 2.95. The fraction of sp³-hybridized carbons (Fsp3) is 0. The molecule has 0 fully saturated rings. The number of halogens is 1. The molecule has 3 rings (SSSR count). The molecule has 0 spiro atoms. The quantitative estimate of drug-likeness (QED) is 0.736. The van der Waals surface area contributed by atoms with Crippen molar-refractivity contribution >= 4 is 32.9 Å². The van der Waals surface area contributed by atoms with Gasteiger partial charge in [-0.05, 0) is 28.1 Å². The van der Waals surface area contributed by atoms with Gasteiger partial charge in [0.05, 0.1) is 14.4 Å². The van der Waals surface area contributed by atoms with Gasteiger partial charge in [0.2, 0.25) is 0 Å². The van der Waals surface area contributed by atoms with Gasteiger partial charge < -0.3 is 9.38 Å². The van der Waals surface area contributed by atoms with Crippen LogP contribution in [-0.4, -0.2) is 9.38 Å². The van der Waals surface area contributed by atoms with Gasteiger partial charge in [-0.3, -0.25) is 4.79 Å². The van der Waals surface area contributed by atoms with Gasteiger partial charge >= 0.3 is 0 Å². The van der Waals surface area contributed by atoms with E-state index in [1.807, 2.05) is 22.7 Å². The lowest BCUT2D eigenvalue weighted by Crippen LogP contribution is -1.97. The van der Waals surface area contributed by atoms with Crippen molar-refractivity contribution in [3.8, 4) is 10.6 Å². The van der Waals surface area contributed by atoms with Crippen molar-refractivity contribution < 1.29 is 0 Å². The molecule has 80 valence electrons. The summed E-state index contributed by atoms with van der Waals surface area (Å²) in [6.07, 6.45) is 3.74. The molecule has 3 aromatic rings. The molecule has 0 aliphatic rings. The lowest BCUT2D eigenvalue weighted by Gasteiger charge is -1.87. The first kappa shape index (κ1) is 9.86. The predicted octanol–water partition coefficient (Wildman–Crippen LogP) is 3.12. The number of rotatable bonds is 1. The van der Waals surface area contributed by atoms with Crippen molar-refractivity contribution in [2.75, 3.05) is 0 Å². The standard InChI is InChI=1S/C11H7BrN2OS/c12-10-2-1-9(16-10)8-6-14-4-3-7(15)5-11(14)13-8/h1-6,13H. The molecule has 3 nitrogen and oxygen atoms in total. The number of fused-ring (bicyclic) bond motifs is 1. The molecule has 0 aliphatic heterocycles. The van der Waals surface area contributed by atoms with Crippen molar-refractivity contribution in [1.82, 2.24) is 9.38 Å². The van der Waals surface area contributed by atoms with Crippen molar-refractivity contribution in [3.63, 3.8) is 0 Å². The van der Waals surface area contributed by atoms with E-state index >= 15 is 0 Å². The first-order valence-corrected chi connectivity index (χ1v) is 6.30. The number of imidazole rings is 1. The highest BCUT2D eigenvalue weighted by molar-refractivity contribution is 9.11. The second kappa shape index (κ2) is 3.61. The first-order chi connectivity index (χ1) is 7.72. The molecule has 0 bridgehead atoms. The van der Waals surface area contributed by atoms with Crippen LogP contribution in [0.3, 0.4) is 0 Å². The zero-order valence-electron chi connectivity index (χ0n) is 8.11. The van der Waals surface area contributed by atoms with E-state index in [1.54, 1.807) is 29.7 Å². The second-order valence-corrected chi connectivity index (χ2v) is 5.89. The average molecular weight is 295 g/mol. The maximum absolute atomic E-state index is 11.2. The van der Waals surface area contributed by atoms with Crippen molar-refractivity contribution in [2.24, 2.45) is 0 Å². The summed E-state index contributed by atoms with van der Waals surface area (Å²) in [7, 11) is 0. The van der Waals surface area contributed by atoms with E-state index in [9.17, 15) is 4.79 Å². The summed E-state index contributed by atoms with van der Waals surface area (Å²) in [4.78, 5) is 15.6. The minimum atomic E-state index is 0.0146. The second-order valence-electron chi connectivity index (χ2n) is 3.43. The SMILES string of the molecule is O=c1ccn2cc(-c3ccc(Br)s3)[nH]c2c1. The van der Waals surface area contributed by atoms with E-state index in [-0.39, 0.29) is 5.43 Å². The first-order valence-electron chi connectivity index (χ1n) is 4.69. The van der Waals surface area contributed by atoms with Gasteiger partial charge in [-0.15, -0.1) is 11.3 Å². The topological polar surface area (TPSA) is 37.3 Å². The number of hydrogen-bond donors (Lipinski definition) is 1. The number of hydrogen-bond acceptors (Lipinski definition) is 2. The number of nitrogens with zero attached hydrogens (tertiary/aromatic N) is 1. The van der Waals surface area contributed by atoms with E-state index < -0.39 is 0 Å². The van der Waals surface area contributed by atoms with Gasteiger partial charge in [0.1, 0.15) is 5.65 Å². The molecule has 0 saturated carbocycles. The molecule has 1 N–H and O–H groups in total. The smallest absolute Gasteiger partial charge is 0.183 e. The summed E-state index contributed by atoms with van der Waals surface area (Å²) >= 11 is 5.09. The van der Waals surface area contributed by atoms with E-state index in [4.69, 9.17) is 0 Å². The van der Waals surface area contributed by atoms with Crippen molar-refractivity contribution in [2.45, 2.75) is 0 Å². The Bertz CT molecular complexity index is 710. The minimum absolute atomic E-state index is 0.0146. The zero-order chi connectivity index (χ0) is 11.1. The van der Waals surface area contributed by atoms with Gasteiger partial charge in [-0.25, -0.2) is 0 Å². The molecule has 0 aliphatic carbocycles. The Kier molecular flexibility index (Phi) is 2.22. The van der Waals surface area contributed by atoms with Crippen LogP contribution in [0.15, 0.2) is 45.2 Å². The molecule has 3 heterocycles. The largest absolute Gasteiger partial charge is 0.339 e. The molecule has 0 atom stereocenters. The summed E-state index contributed by atoms with van der Waals surface area (Å²) in [5.74, 6) is 0. The Morgan fingerprint density at radius 3 is 2.94 bits per heavy atom. The van der Waals surface area contributed by atoms with Crippen LogP contribution in [0.5, 0.6) is 0 Å². The lowest BCUT2D eigenvalue weighted by molar-refractivity contribution is 1.18. The van der Waals surface area contributed by atoms with Gasteiger partial charge in [-0.1, -0.05) is 0 Å². The van der Waals surface area contributed by atoms with Crippen molar-refractivity contribution in [1.29, 1.82) is 0 Å². The Morgan fingerprint density at radius 2 is 2.19 bits per heavy atom. The Morgan fingerprint density at radius 1 is 1.31 bits per heavy atom. The van der Waals surface area contributed by atoms with Crippen LogP contribution in [0.1, 0.15) is 0 Å². The molecule has 0 amide bonds. The molecule has 16 heavy (non-hydrogen) atoms. The van der Waals surface area contributed by atoms with Crippen LogP contribution in [-0.2, 0) is 0 Å². The highest BCUT2D eigenvalue weighted by Gasteiger charge is 2.05. The number of aromatic nitrogens is 2. The predicted molar refractivity (Wildman–Crippen MR) is 69.0 cm³/mol. The van der Waals surface area contributed by atoms with Crippen LogP contribution in [0.25, 0.3) is 16.2 Å². The van der Waals surface area contributed by atoms with E-state index in [2.05, 4.69) is 20.9 Å². The van der Waals surface area contributed by atoms with Crippen molar-refractivity contribution in [3.05, 3.63) is 50.7 Å².